The highest BCUT2D eigenvalue weighted by molar-refractivity contribution is 6.69. The van der Waals surface area contributed by atoms with Crippen LogP contribution in [0.1, 0.15) is 13.8 Å². The van der Waals surface area contributed by atoms with Gasteiger partial charge in [0.2, 0.25) is 8.32 Å². The van der Waals surface area contributed by atoms with E-state index in [-0.39, 0.29) is 5.97 Å². The second-order valence-corrected chi connectivity index (χ2v) is 8.21. The van der Waals surface area contributed by atoms with E-state index < -0.39 is 8.32 Å². The lowest BCUT2D eigenvalue weighted by molar-refractivity contribution is -0.138. The van der Waals surface area contributed by atoms with E-state index in [1.165, 1.54) is 6.26 Å². The summed E-state index contributed by atoms with van der Waals surface area (Å²) in [5.74, 6) is -0.305. The largest absolute Gasteiger partial charge is 0.549 e. The van der Waals surface area contributed by atoms with E-state index in [4.69, 9.17) is 9.16 Å². The van der Waals surface area contributed by atoms with Gasteiger partial charge in [0.05, 0.1) is 18.4 Å². The van der Waals surface area contributed by atoms with Gasteiger partial charge in [0, 0.05) is 0 Å². The van der Waals surface area contributed by atoms with Crippen LogP contribution < -0.4 is 0 Å². The Hall–Kier alpha value is -0.773. The molecule has 0 radical (unpaired) electrons. The molecule has 0 aliphatic rings. The number of hydrogen-bond acceptors (Lipinski definition) is 3. The zero-order valence-corrected chi connectivity index (χ0v) is 10.0. The van der Waals surface area contributed by atoms with Crippen molar-refractivity contribution in [2.45, 2.75) is 33.5 Å². The van der Waals surface area contributed by atoms with Gasteiger partial charge in [-0.25, -0.2) is 4.79 Å². The van der Waals surface area contributed by atoms with Crippen LogP contribution in [-0.2, 0) is 14.0 Å². The third-order valence-electron chi connectivity index (χ3n) is 1.19. The van der Waals surface area contributed by atoms with Gasteiger partial charge in [0.25, 0.3) is 0 Å². The Labute approximate surface area is 80.9 Å². The maximum absolute atomic E-state index is 11.1. The molecule has 0 aliphatic heterocycles. The van der Waals surface area contributed by atoms with Crippen molar-refractivity contribution >= 4 is 14.3 Å². The number of carbonyl (C=O) groups excluding carboxylic acids is 1. The van der Waals surface area contributed by atoms with Gasteiger partial charge in [-0.3, -0.25) is 0 Å². The molecule has 76 valence electrons. The Morgan fingerprint density at radius 2 is 1.92 bits per heavy atom. The normalized spacial score (nSPS) is 12.5. The summed E-state index contributed by atoms with van der Waals surface area (Å²) in [6, 6.07) is 0. The van der Waals surface area contributed by atoms with Crippen LogP contribution >= 0.6 is 0 Å². The first-order valence-corrected chi connectivity index (χ1v) is 7.79. The maximum Gasteiger partial charge on any atom is 0.336 e. The molecule has 0 aromatic heterocycles. The van der Waals surface area contributed by atoms with Crippen LogP contribution in [0.4, 0.5) is 0 Å². The van der Waals surface area contributed by atoms with Gasteiger partial charge >= 0.3 is 5.97 Å². The minimum absolute atomic E-state index is 0.305. The highest BCUT2D eigenvalue weighted by Crippen LogP contribution is 2.06. The van der Waals surface area contributed by atoms with Crippen LogP contribution in [0, 0.1) is 0 Å². The van der Waals surface area contributed by atoms with Gasteiger partial charge in [0.1, 0.15) is 0 Å². The van der Waals surface area contributed by atoms with E-state index in [9.17, 15) is 4.79 Å². The summed E-state index contributed by atoms with van der Waals surface area (Å²) in [6.07, 6.45) is 1.50. The molecule has 0 N–H and O–H groups in total. The molecular weight excluding hydrogens is 184 g/mol. The zero-order chi connectivity index (χ0) is 10.5. The zero-order valence-electron chi connectivity index (χ0n) is 9.01. The van der Waals surface area contributed by atoms with Crippen LogP contribution in [0.3, 0.4) is 0 Å². The fourth-order valence-electron chi connectivity index (χ4n) is 0.558. The van der Waals surface area contributed by atoms with Crippen LogP contribution in [0.15, 0.2) is 11.8 Å². The van der Waals surface area contributed by atoms with Crippen molar-refractivity contribution in [2.75, 3.05) is 6.61 Å². The first-order valence-electron chi connectivity index (χ1n) is 4.38. The lowest BCUT2D eigenvalue weighted by atomic mass is 10.3. The molecule has 0 heterocycles. The molecule has 0 aromatic rings. The number of hydrogen-bond donors (Lipinski definition) is 0. The fraction of sp³-hybridized carbons (Fsp3) is 0.667. The standard InChI is InChI=1S/C9H18O3Si/c1-6-11-9(10)8(2)7-12-13(3,4)5/h7H,6H2,1-5H3. The molecule has 0 amide bonds. The molecule has 0 fully saturated rings. The van der Waals surface area contributed by atoms with Crippen molar-refractivity contribution in [3.8, 4) is 0 Å². The van der Waals surface area contributed by atoms with Gasteiger partial charge in [0.15, 0.2) is 0 Å². The average Bonchev–Trinajstić information content (AvgIpc) is 1.99. The highest BCUT2D eigenvalue weighted by Gasteiger charge is 2.14. The molecule has 3 nitrogen and oxygen atoms in total. The highest BCUT2D eigenvalue weighted by atomic mass is 28.4. The predicted octanol–water partition coefficient (Wildman–Crippen LogP) is 2.30. The molecule has 0 aromatic carbocycles. The summed E-state index contributed by atoms with van der Waals surface area (Å²) in [5, 5.41) is 0. The molecule has 0 atom stereocenters. The molecule has 0 aliphatic carbocycles. The molecule has 0 spiro atoms. The number of esters is 1. The summed E-state index contributed by atoms with van der Waals surface area (Å²) < 4.78 is 10.2. The lowest BCUT2D eigenvalue weighted by Crippen LogP contribution is -2.22. The summed E-state index contributed by atoms with van der Waals surface area (Å²) in [7, 11) is -1.57. The topological polar surface area (TPSA) is 35.5 Å². The minimum Gasteiger partial charge on any atom is -0.549 e. The summed E-state index contributed by atoms with van der Waals surface area (Å²) in [5.41, 5.74) is 0.518. The number of carbonyl (C=O) groups is 1. The second-order valence-electron chi connectivity index (χ2n) is 3.75. The molecule has 0 saturated carbocycles. The molecule has 0 unspecified atom stereocenters. The van der Waals surface area contributed by atoms with Crippen molar-refractivity contribution in [1.82, 2.24) is 0 Å². The van der Waals surface area contributed by atoms with E-state index in [0.717, 1.165) is 0 Å². The molecular formula is C9H18O3Si. The van der Waals surface area contributed by atoms with E-state index >= 15 is 0 Å². The monoisotopic (exact) mass is 202 g/mol. The molecule has 0 bridgehead atoms. The van der Waals surface area contributed by atoms with Gasteiger partial charge in [-0.05, 0) is 33.5 Å². The van der Waals surface area contributed by atoms with E-state index in [0.29, 0.717) is 12.2 Å². The molecule has 4 heteroatoms. The lowest BCUT2D eigenvalue weighted by Gasteiger charge is -2.15. The quantitative estimate of drug-likeness (QED) is 0.304. The first-order chi connectivity index (χ1) is 5.87. The van der Waals surface area contributed by atoms with Gasteiger partial charge in [-0.1, -0.05) is 0 Å². The van der Waals surface area contributed by atoms with Crippen molar-refractivity contribution in [3.63, 3.8) is 0 Å². The van der Waals surface area contributed by atoms with Crippen LogP contribution in [-0.4, -0.2) is 20.9 Å². The number of ether oxygens (including phenoxy) is 1. The smallest absolute Gasteiger partial charge is 0.336 e. The van der Waals surface area contributed by atoms with Crippen molar-refractivity contribution in [3.05, 3.63) is 11.8 Å². The van der Waals surface area contributed by atoms with Gasteiger partial charge in [-0.15, -0.1) is 0 Å². The average molecular weight is 202 g/mol. The first kappa shape index (κ1) is 12.2. The summed E-state index contributed by atoms with van der Waals surface area (Å²) >= 11 is 0. The third-order valence-corrected chi connectivity index (χ3v) is 2.01. The summed E-state index contributed by atoms with van der Waals surface area (Å²) in [4.78, 5) is 11.1. The Bertz CT molecular complexity index is 203. The van der Waals surface area contributed by atoms with Gasteiger partial charge < -0.3 is 9.16 Å². The Kier molecular flexibility index (Phi) is 4.76. The van der Waals surface area contributed by atoms with Crippen LogP contribution in [0.25, 0.3) is 0 Å². The minimum atomic E-state index is -1.57. The van der Waals surface area contributed by atoms with Crippen LogP contribution in [0.2, 0.25) is 19.6 Å². The predicted molar refractivity (Wildman–Crippen MR) is 54.8 cm³/mol. The van der Waals surface area contributed by atoms with E-state index in [1.54, 1.807) is 13.8 Å². The SMILES string of the molecule is CCOC(=O)C(C)=CO[Si](C)(C)C. The molecule has 13 heavy (non-hydrogen) atoms. The van der Waals surface area contributed by atoms with Crippen molar-refractivity contribution in [2.24, 2.45) is 0 Å². The summed E-state index contributed by atoms with van der Waals surface area (Å²) in [6.45, 7) is 10.0. The molecule has 0 rings (SSSR count). The molecule has 0 saturated heterocycles. The fourth-order valence-corrected chi connectivity index (χ4v) is 1.09. The van der Waals surface area contributed by atoms with Gasteiger partial charge in [-0.2, -0.15) is 0 Å². The van der Waals surface area contributed by atoms with Crippen LogP contribution in [0.5, 0.6) is 0 Å². The van der Waals surface area contributed by atoms with E-state index in [2.05, 4.69) is 19.6 Å². The number of rotatable bonds is 4. The Morgan fingerprint density at radius 1 is 1.38 bits per heavy atom. The second kappa shape index (κ2) is 5.06. The Balaban J connectivity index is 4.09. The van der Waals surface area contributed by atoms with Crippen molar-refractivity contribution < 1.29 is 14.0 Å². The third kappa shape index (κ3) is 6.39. The van der Waals surface area contributed by atoms with Crippen molar-refractivity contribution in [1.29, 1.82) is 0 Å². The Morgan fingerprint density at radius 3 is 2.31 bits per heavy atom. The maximum atomic E-state index is 11.1. The van der Waals surface area contributed by atoms with E-state index in [1.807, 2.05) is 0 Å².